The van der Waals surface area contributed by atoms with E-state index < -0.39 is 10.0 Å². The number of sulfonamides is 1. The van der Waals surface area contributed by atoms with Gasteiger partial charge in [0.25, 0.3) is 5.56 Å². The number of aromatic amines is 1. The Balaban J connectivity index is 1.55. The van der Waals surface area contributed by atoms with Crippen LogP contribution < -0.4 is 5.56 Å². The van der Waals surface area contributed by atoms with E-state index in [2.05, 4.69) is 9.97 Å². The molecule has 2 aromatic heterocycles. The van der Waals surface area contributed by atoms with Crippen LogP contribution in [0.25, 0.3) is 34.4 Å². The van der Waals surface area contributed by atoms with Crippen molar-refractivity contribution in [3.05, 3.63) is 82.6 Å². The lowest BCUT2D eigenvalue weighted by molar-refractivity contribution is 0.445. The summed E-state index contributed by atoms with van der Waals surface area (Å²) in [6.07, 6.45) is 3.39. The first-order chi connectivity index (χ1) is 15.4. The predicted octanol–water partition coefficient (Wildman–Crippen LogP) is 4.38. The summed E-state index contributed by atoms with van der Waals surface area (Å²) in [5.41, 5.74) is 1.19. The number of rotatable bonds is 7. The van der Waals surface area contributed by atoms with Gasteiger partial charge in [0, 0.05) is 18.7 Å². The van der Waals surface area contributed by atoms with Gasteiger partial charge in [-0.05, 0) is 60.7 Å². The van der Waals surface area contributed by atoms with Gasteiger partial charge in [-0.2, -0.15) is 4.31 Å². The molecular weight excluding hydrogens is 426 g/mol. The molecule has 0 radical (unpaired) electrons. The number of aromatic nitrogens is 2. The summed E-state index contributed by atoms with van der Waals surface area (Å²) in [4.78, 5) is 19.6. The van der Waals surface area contributed by atoms with Crippen molar-refractivity contribution in [3.8, 4) is 11.3 Å². The standard InChI is InChI=1S/C24H23N3O4S/c1-3-27(4-2)32(29,30)19-13-9-17(10-14-19)22-15-11-18(31-22)12-16-23-25-21-8-6-5-7-20(21)24(28)26-23/h5-16H,3-4H2,1-2H3,(H,25,26,28). The summed E-state index contributed by atoms with van der Waals surface area (Å²) in [6, 6.07) is 17.4. The van der Waals surface area contributed by atoms with Crippen molar-refractivity contribution < 1.29 is 12.8 Å². The molecule has 0 fully saturated rings. The zero-order valence-corrected chi connectivity index (χ0v) is 18.6. The zero-order chi connectivity index (χ0) is 22.7. The van der Waals surface area contributed by atoms with Gasteiger partial charge in [0.2, 0.25) is 10.0 Å². The Morgan fingerprint density at radius 3 is 2.41 bits per heavy atom. The summed E-state index contributed by atoms with van der Waals surface area (Å²) in [5, 5.41) is 0.538. The lowest BCUT2D eigenvalue weighted by Gasteiger charge is -2.18. The molecule has 1 N–H and O–H groups in total. The fraction of sp³-hybridized carbons (Fsp3) is 0.167. The Hall–Kier alpha value is -3.49. The summed E-state index contributed by atoms with van der Waals surface area (Å²) < 4.78 is 32.5. The van der Waals surface area contributed by atoms with Crippen molar-refractivity contribution in [1.29, 1.82) is 0 Å². The number of H-pyrrole nitrogens is 1. The lowest BCUT2D eigenvalue weighted by atomic mass is 10.2. The topological polar surface area (TPSA) is 96.3 Å². The summed E-state index contributed by atoms with van der Waals surface area (Å²) in [6.45, 7) is 4.48. The van der Waals surface area contributed by atoms with Gasteiger partial charge >= 0.3 is 0 Å². The van der Waals surface area contributed by atoms with E-state index in [1.54, 1.807) is 60.7 Å². The van der Waals surface area contributed by atoms with Crippen molar-refractivity contribution in [2.45, 2.75) is 18.7 Å². The van der Waals surface area contributed by atoms with Crippen LogP contribution in [0.15, 0.2) is 74.8 Å². The Bertz CT molecular complexity index is 1430. The fourth-order valence-corrected chi connectivity index (χ4v) is 4.90. The molecule has 2 heterocycles. The van der Waals surface area contributed by atoms with E-state index >= 15 is 0 Å². The second-order valence-electron chi connectivity index (χ2n) is 7.12. The minimum atomic E-state index is -3.50. The maximum Gasteiger partial charge on any atom is 0.259 e. The molecule has 4 aromatic rings. The number of nitrogens with one attached hydrogen (secondary N) is 1. The zero-order valence-electron chi connectivity index (χ0n) is 17.8. The lowest BCUT2D eigenvalue weighted by Crippen LogP contribution is -2.30. The van der Waals surface area contributed by atoms with E-state index in [-0.39, 0.29) is 10.5 Å². The third-order valence-corrected chi connectivity index (χ3v) is 7.21. The first kappa shape index (κ1) is 21.7. The van der Waals surface area contributed by atoms with Crippen molar-refractivity contribution >= 4 is 33.1 Å². The highest BCUT2D eigenvalue weighted by molar-refractivity contribution is 7.89. The maximum atomic E-state index is 12.6. The number of benzene rings is 2. The van der Waals surface area contributed by atoms with Gasteiger partial charge in [-0.15, -0.1) is 0 Å². The summed E-state index contributed by atoms with van der Waals surface area (Å²) in [5.74, 6) is 1.62. The van der Waals surface area contributed by atoms with Gasteiger partial charge < -0.3 is 9.40 Å². The highest BCUT2D eigenvalue weighted by Gasteiger charge is 2.21. The molecule has 8 heteroatoms. The van der Waals surface area contributed by atoms with E-state index in [1.807, 2.05) is 26.0 Å². The Kier molecular flexibility index (Phi) is 6.07. The fourth-order valence-electron chi connectivity index (χ4n) is 3.45. The maximum absolute atomic E-state index is 12.6. The quantitative estimate of drug-likeness (QED) is 0.452. The predicted molar refractivity (Wildman–Crippen MR) is 126 cm³/mol. The number of hydrogen-bond acceptors (Lipinski definition) is 5. The molecule has 0 aliphatic heterocycles. The van der Waals surface area contributed by atoms with Crippen molar-refractivity contribution in [2.75, 3.05) is 13.1 Å². The van der Waals surface area contributed by atoms with Crippen molar-refractivity contribution in [2.24, 2.45) is 0 Å². The highest BCUT2D eigenvalue weighted by Crippen LogP contribution is 2.25. The van der Waals surface area contributed by atoms with E-state index in [4.69, 9.17) is 4.42 Å². The van der Waals surface area contributed by atoms with Crippen molar-refractivity contribution in [3.63, 3.8) is 0 Å². The average Bonchev–Trinajstić information content (AvgIpc) is 3.28. The van der Waals surface area contributed by atoms with Crippen LogP contribution in [0.1, 0.15) is 25.4 Å². The van der Waals surface area contributed by atoms with Crippen LogP contribution in [0.5, 0.6) is 0 Å². The second kappa shape index (κ2) is 8.94. The monoisotopic (exact) mass is 449 g/mol. The van der Waals surface area contributed by atoms with E-state index in [0.717, 1.165) is 5.56 Å². The van der Waals surface area contributed by atoms with Gasteiger partial charge in [0.15, 0.2) is 0 Å². The SMILES string of the molecule is CCN(CC)S(=O)(=O)c1ccc(-c2ccc(C=Cc3nc4ccccc4c(=O)[nH]3)o2)cc1. The molecule has 2 aromatic carbocycles. The van der Waals surface area contributed by atoms with Crippen LogP contribution in [-0.2, 0) is 10.0 Å². The van der Waals surface area contributed by atoms with Crippen LogP contribution in [0.3, 0.4) is 0 Å². The molecule has 0 bridgehead atoms. The molecular formula is C24H23N3O4S. The third kappa shape index (κ3) is 4.28. The number of furan rings is 1. The Labute approximate surface area is 186 Å². The molecule has 0 aliphatic carbocycles. The van der Waals surface area contributed by atoms with E-state index in [0.29, 0.717) is 41.3 Å². The molecule has 32 heavy (non-hydrogen) atoms. The number of hydrogen-bond donors (Lipinski definition) is 1. The Morgan fingerprint density at radius 1 is 0.969 bits per heavy atom. The molecule has 4 rings (SSSR count). The highest BCUT2D eigenvalue weighted by atomic mass is 32.2. The Morgan fingerprint density at radius 2 is 1.69 bits per heavy atom. The molecule has 7 nitrogen and oxygen atoms in total. The number of nitrogens with zero attached hydrogens (tertiary/aromatic N) is 2. The van der Waals surface area contributed by atoms with E-state index in [9.17, 15) is 13.2 Å². The number of fused-ring (bicyclic) bond motifs is 1. The average molecular weight is 450 g/mol. The smallest absolute Gasteiger partial charge is 0.259 e. The first-order valence-corrected chi connectivity index (χ1v) is 11.7. The van der Waals surface area contributed by atoms with Crippen molar-refractivity contribution in [1.82, 2.24) is 14.3 Å². The van der Waals surface area contributed by atoms with Gasteiger partial charge in [-0.3, -0.25) is 4.79 Å². The second-order valence-corrected chi connectivity index (χ2v) is 9.06. The van der Waals surface area contributed by atoms with Gasteiger partial charge in [-0.25, -0.2) is 13.4 Å². The summed E-state index contributed by atoms with van der Waals surface area (Å²) >= 11 is 0. The minimum Gasteiger partial charge on any atom is -0.457 e. The molecule has 0 atom stereocenters. The van der Waals surface area contributed by atoms with Gasteiger partial charge in [0.1, 0.15) is 17.3 Å². The van der Waals surface area contributed by atoms with Gasteiger partial charge in [0.05, 0.1) is 15.8 Å². The van der Waals surface area contributed by atoms with Crippen LogP contribution in [-0.4, -0.2) is 35.8 Å². The summed E-state index contributed by atoms with van der Waals surface area (Å²) in [7, 11) is -3.50. The largest absolute Gasteiger partial charge is 0.457 e. The normalized spacial score (nSPS) is 12.2. The molecule has 0 amide bonds. The first-order valence-electron chi connectivity index (χ1n) is 10.3. The van der Waals surface area contributed by atoms with E-state index in [1.165, 1.54) is 4.31 Å². The van der Waals surface area contributed by atoms with Crippen LogP contribution in [0.4, 0.5) is 0 Å². The van der Waals surface area contributed by atoms with Crippen LogP contribution in [0, 0.1) is 0 Å². The minimum absolute atomic E-state index is 0.199. The molecule has 0 saturated carbocycles. The van der Waals surface area contributed by atoms with Crippen LogP contribution >= 0.6 is 0 Å². The number of para-hydroxylation sites is 1. The molecule has 0 unspecified atom stereocenters. The molecule has 0 saturated heterocycles. The van der Waals surface area contributed by atoms with Gasteiger partial charge in [-0.1, -0.05) is 26.0 Å². The molecule has 0 spiro atoms. The molecule has 0 aliphatic rings. The molecule has 164 valence electrons. The van der Waals surface area contributed by atoms with Crippen LogP contribution in [0.2, 0.25) is 0 Å². The third-order valence-electron chi connectivity index (χ3n) is 5.15.